The Balaban J connectivity index is 2.30. The van der Waals surface area contributed by atoms with Crippen molar-refractivity contribution in [1.82, 2.24) is 4.90 Å². The Labute approximate surface area is 108 Å². The lowest BCUT2D eigenvalue weighted by atomic mass is 9.88. The van der Waals surface area contributed by atoms with E-state index in [2.05, 4.69) is 6.92 Å². The van der Waals surface area contributed by atoms with Gasteiger partial charge in [0.15, 0.2) is 0 Å². The van der Waals surface area contributed by atoms with Gasteiger partial charge in [0.25, 0.3) is 0 Å². The van der Waals surface area contributed by atoms with Crippen LogP contribution >= 0.6 is 0 Å². The van der Waals surface area contributed by atoms with Crippen molar-refractivity contribution in [3.8, 4) is 0 Å². The topological polar surface area (TPSA) is 40.5 Å². The second-order valence-electron chi connectivity index (χ2n) is 5.59. The van der Waals surface area contributed by atoms with Crippen LogP contribution in [-0.4, -0.2) is 28.1 Å². The number of amides is 1. The van der Waals surface area contributed by atoms with Crippen LogP contribution in [0.5, 0.6) is 0 Å². The molecule has 0 spiro atoms. The summed E-state index contributed by atoms with van der Waals surface area (Å²) in [4.78, 5) is 14.1. The van der Waals surface area contributed by atoms with Crippen molar-refractivity contribution in [3.63, 3.8) is 0 Å². The van der Waals surface area contributed by atoms with Crippen molar-refractivity contribution < 1.29 is 9.90 Å². The van der Waals surface area contributed by atoms with Gasteiger partial charge < -0.3 is 10.0 Å². The molecule has 1 aromatic carbocycles. The van der Waals surface area contributed by atoms with E-state index in [0.717, 1.165) is 5.56 Å². The summed E-state index contributed by atoms with van der Waals surface area (Å²) in [5, 5.41) is 9.41. The highest BCUT2D eigenvalue weighted by atomic mass is 16.3. The Kier molecular flexibility index (Phi) is 3.44. The number of likely N-dealkylation sites (tertiary alicyclic amines) is 1. The SMILES string of the molecule is CC(c1ccccc1)N1C(=O)CC(CO)C1(C)C. The molecule has 1 heterocycles. The quantitative estimate of drug-likeness (QED) is 0.890. The first-order chi connectivity index (χ1) is 8.48. The lowest BCUT2D eigenvalue weighted by Gasteiger charge is -2.39. The van der Waals surface area contributed by atoms with Crippen LogP contribution in [-0.2, 0) is 4.79 Å². The third-order valence-corrected chi connectivity index (χ3v) is 4.20. The Bertz CT molecular complexity index is 427. The predicted molar refractivity (Wildman–Crippen MR) is 71.0 cm³/mol. The zero-order chi connectivity index (χ0) is 13.3. The average Bonchev–Trinajstić information content (AvgIpc) is 2.59. The van der Waals surface area contributed by atoms with Crippen molar-refractivity contribution in [3.05, 3.63) is 35.9 Å². The van der Waals surface area contributed by atoms with E-state index in [4.69, 9.17) is 0 Å². The van der Waals surface area contributed by atoms with Gasteiger partial charge in [-0.3, -0.25) is 4.79 Å². The van der Waals surface area contributed by atoms with Crippen molar-refractivity contribution in [2.75, 3.05) is 6.61 Å². The summed E-state index contributed by atoms with van der Waals surface area (Å²) >= 11 is 0. The lowest BCUT2D eigenvalue weighted by molar-refractivity contribution is -0.133. The number of benzene rings is 1. The fraction of sp³-hybridized carbons (Fsp3) is 0.533. The summed E-state index contributed by atoms with van der Waals surface area (Å²) in [5.41, 5.74) is 0.846. The number of nitrogens with zero attached hydrogens (tertiary/aromatic N) is 1. The molecule has 1 aromatic rings. The predicted octanol–water partition coefficient (Wildman–Crippen LogP) is 2.37. The van der Waals surface area contributed by atoms with E-state index in [1.54, 1.807) is 0 Å². The van der Waals surface area contributed by atoms with Gasteiger partial charge in [0.05, 0.1) is 6.04 Å². The Hall–Kier alpha value is -1.35. The van der Waals surface area contributed by atoms with E-state index in [0.29, 0.717) is 6.42 Å². The molecule has 2 atom stereocenters. The molecule has 0 radical (unpaired) electrons. The van der Waals surface area contributed by atoms with Crippen LogP contribution in [0.1, 0.15) is 38.8 Å². The molecule has 1 amide bonds. The van der Waals surface area contributed by atoms with Gasteiger partial charge in [0, 0.05) is 24.5 Å². The molecule has 2 rings (SSSR count). The van der Waals surface area contributed by atoms with E-state index in [1.165, 1.54) is 0 Å². The van der Waals surface area contributed by atoms with Crippen molar-refractivity contribution >= 4 is 5.91 Å². The van der Waals surface area contributed by atoms with Gasteiger partial charge in [0.1, 0.15) is 0 Å². The van der Waals surface area contributed by atoms with Gasteiger partial charge in [0.2, 0.25) is 5.91 Å². The monoisotopic (exact) mass is 247 g/mol. The molecule has 0 saturated carbocycles. The summed E-state index contributed by atoms with van der Waals surface area (Å²) < 4.78 is 0. The summed E-state index contributed by atoms with van der Waals surface area (Å²) in [5.74, 6) is 0.159. The van der Waals surface area contributed by atoms with E-state index >= 15 is 0 Å². The second kappa shape index (κ2) is 4.73. The van der Waals surface area contributed by atoms with Crippen LogP contribution in [0.15, 0.2) is 30.3 Å². The van der Waals surface area contributed by atoms with Crippen LogP contribution in [0, 0.1) is 5.92 Å². The van der Waals surface area contributed by atoms with Crippen LogP contribution in [0.4, 0.5) is 0 Å². The van der Waals surface area contributed by atoms with E-state index in [-0.39, 0.29) is 30.0 Å². The first-order valence-electron chi connectivity index (χ1n) is 6.46. The third kappa shape index (κ3) is 2.03. The van der Waals surface area contributed by atoms with Gasteiger partial charge in [-0.05, 0) is 26.3 Å². The maximum absolute atomic E-state index is 12.2. The summed E-state index contributed by atoms with van der Waals surface area (Å²) in [6.45, 7) is 6.20. The van der Waals surface area contributed by atoms with E-state index in [1.807, 2.05) is 49.1 Å². The minimum absolute atomic E-state index is 0.0242. The number of aliphatic hydroxyl groups excluding tert-OH is 1. The maximum Gasteiger partial charge on any atom is 0.223 e. The first kappa shape index (κ1) is 13.1. The van der Waals surface area contributed by atoms with E-state index in [9.17, 15) is 9.90 Å². The molecule has 1 aliphatic heterocycles. The fourth-order valence-corrected chi connectivity index (χ4v) is 2.96. The fourth-order valence-electron chi connectivity index (χ4n) is 2.96. The molecule has 3 heteroatoms. The van der Waals surface area contributed by atoms with Gasteiger partial charge in [-0.2, -0.15) is 0 Å². The molecule has 1 N–H and O–H groups in total. The van der Waals surface area contributed by atoms with Crippen molar-refractivity contribution in [1.29, 1.82) is 0 Å². The zero-order valence-electron chi connectivity index (χ0n) is 11.3. The van der Waals surface area contributed by atoms with Gasteiger partial charge in [-0.15, -0.1) is 0 Å². The van der Waals surface area contributed by atoms with E-state index < -0.39 is 0 Å². The number of rotatable bonds is 3. The van der Waals surface area contributed by atoms with Gasteiger partial charge in [-0.25, -0.2) is 0 Å². The minimum Gasteiger partial charge on any atom is -0.396 e. The number of carbonyl (C=O) groups is 1. The largest absolute Gasteiger partial charge is 0.396 e. The van der Waals surface area contributed by atoms with Crippen LogP contribution < -0.4 is 0 Å². The Morgan fingerprint density at radius 3 is 2.50 bits per heavy atom. The summed E-state index contributed by atoms with van der Waals surface area (Å²) in [7, 11) is 0. The maximum atomic E-state index is 12.2. The Morgan fingerprint density at radius 1 is 1.39 bits per heavy atom. The zero-order valence-corrected chi connectivity index (χ0v) is 11.3. The molecule has 98 valence electrons. The molecular formula is C15H21NO2. The minimum atomic E-state index is -0.291. The third-order valence-electron chi connectivity index (χ3n) is 4.20. The number of hydrogen-bond donors (Lipinski definition) is 1. The highest BCUT2D eigenvalue weighted by molar-refractivity contribution is 5.80. The molecule has 2 unspecified atom stereocenters. The van der Waals surface area contributed by atoms with Crippen LogP contribution in [0.3, 0.4) is 0 Å². The molecule has 1 fully saturated rings. The molecule has 0 aliphatic carbocycles. The number of aliphatic hydroxyl groups is 1. The normalized spacial score (nSPS) is 24.3. The molecular weight excluding hydrogens is 226 g/mol. The van der Waals surface area contributed by atoms with Crippen LogP contribution in [0.25, 0.3) is 0 Å². The molecule has 1 aliphatic rings. The second-order valence-corrected chi connectivity index (χ2v) is 5.59. The van der Waals surface area contributed by atoms with Crippen molar-refractivity contribution in [2.24, 2.45) is 5.92 Å². The van der Waals surface area contributed by atoms with Crippen molar-refractivity contribution in [2.45, 2.75) is 38.8 Å². The number of hydrogen-bond acceptors (Lipinski definition) is 2. The number of carbonyl (C=O) groups excluding carboxylic acids is 1. The molecule has 1 saturated heterocycles. The summed E-state index contributed by atoms with van der Waals surface area (Å²) in [6, 6.07) is 10.1. The van der Waals surface area contributed by atoms with Gasteiger partial charge in [-0.1, -0.05) is 30.3 Å². The lowest BCUT2D eigenvalue weighted by Crippen LogP contribution is -2.46. The average molecular weight is 247 g/mol. The molecule has 0 bridgehead atoms. The highest BCUT2D eigenvalue weighted by Crippen LogP contribution is 2.40. The first-order valence-corrected chi connectivity index (χ1v) is 6.46. The molecule has 3 nitrogen and oxygen atoms in total. The summed E-state index contributed by atoms with van der Waals surface area (Å²) in [6.07, 6.45) is 0.445. The molecule has 18 heavy (non-hydrogen) atoms. The standard InChI is InChI=1S/C15H21NO2/c1-11(12-7-5-4-6-8-12)16-14(18)9-13(10-17)15(16,2)3/h4-8,11,13,17H,9-10H2,1-3H3. The Morgan fingerprint density at radius 2 is 2.00 bits per heavy atom. The molecule has 0 aromatic heterocycles. The van der Waals surface area contributed by atoms with Crippen LogP contribution in [0.2, 0.25) is 0 Å². The van der Waals surface area contributed by atoms with Gasteiger partial charge >= 0.3 is 0 Å². The smallest absolute Gasteiger partial charge is 0.223 e. The highest BCUT2D eigenvalue weighted by Gasteiger charge is 2.47.